The molecule has 0 saturated carbocycles. The number of nitrogens with zero attached hydrogens (tertiary/aromatic N) is 4. The zero-order chi connectivity index (χ0) is 22.9. The summed E-state index contributed by atoms with van der Waals surface area (Å²) in [6.45, 7) is 0. The lowest BCUT2D eigenvalue weighted by Crippen LogP contribution is -2.36. The first-order valence-corrected chi connectivity index (χ1v) is 10.8. The lowest BCUT2D eigenvalue weighted by atomic mass is 10.1. The van der Waals surface area contributed by atoms with Crippen LogP contribution in [-0.4, -0.2) is 25.6 Å². The Morgan fingerprint density at radius 1 is 1.06 bits per heavy atom. The normalized spacial score (nSPS) is 14.8. The maximum Gasteiger partial charge on any atom is 0.283 e. The Morgan fingerprint density at radius 3 is 2.61 bits per heavy atom. The van der Waals surface area contributed by atoms with E-state index < -0.39 is 11.2 Å². The van der Waals surface area contributed by atoms with Crippen LogP contribution in [0.5, 0.6) is 5.75 Å². The predicted molar refractivity (Wildman–Crippen MR) is 121 cm³/mol. The minimum Gasteiger partial charge on any atom is -0.466 e. The molecule has 2 heterocycles. The van der Waals surface area contributed by atoms with Crippen LogP contribution in [0.4, 0.5) is 5.69 Å². The van der Waals surface area contributed by atoms with Gasteiger partial charge < -0.3 is 14.6 Å². The molecule has 164 valence electrons. The maximum atomic E-state index is 12.4. The second-order valence-corrected chi connectivity index (χ2v) is 8.29. The number of hydrogen-bond acceptors (Lipinski definition) is 7. The zero-order valence-electron chi connectivity index (χ0n) is 17.3. The number of nitro groups is 1. The fourth-order valence-electron chi connectivity index (χ4n) is 3.53. The van der Waals surface area contributed by atoms with Gasteiger partial charge in [-0.05, 0) is 30.0 Å². The average Bonchev–Trinajstić information content (AvgIpc) is 3.19. The summed E-state index contributed by atoms with van der Waals surface area (Å²) in [5, 5.41) is 23.5. The average molecular weight is 459 g/mol. The smallest absolute Gasteiger partial charge is 0.283 e. The molecule has 1 unspecified atom stereocenters. The molecule has 5 rings (SSSR count). The first-order valence-electron chi connectivity index (χ1n) is 9.99. The van der Waals surface area contributed by atoms with Crippen LogP contribution in [-0.2, 0) is 7.05 Å². The van der Waals surface area contributed by atoms with Gasteiger partial charge in [0.05, 0.1) is 15.4 Å². The first-order chi connectivity index (χ1) is 16.0. The second-order valence-electron chi connectivity index (χ2n) is 7.29. The highest BCUT2D eigenvalue weighted by Gasteiger charge is 2.28. The van der Waals surface area contributed by atoms with Gasteiger partial charge in [-0.1, -0.05) is 48.5 Å². The van der Waals surface area contributed by atoms with Crippen molar-refractivity contribution in [1.29, 1.82) is 0 Å². The van der Waals surface area contributed by atoms with E-state index in [9.17, 15) is 14.9 Å². The van der Waals surface area contributed by atoms with Crippen LogP contribution < -0.4 is 10.1 Å². The van der Waals surface area contributed by atoms with Crippen molar-refractivity contribution in [2.75, 3.05) is 0 Å². The van der Waals surface area contributed by atoms with Crippen molar-refractivity contribution < 1.29 is 14.5 Å². The van der Waals surface area contributed by atoms with Crippen molar-refractivity contribution in [2.24, 2.45) is 7.05 Å². The largest absolute Gasteiger partial charge is 0.466 e. The molecule has 4 aromatic rings. The molecule has 0 saturated heterocycles. The molecule has 0 radical (unpaired) electrons. The van der Waals surface area contributed by atoms with Crippen molar-refractivity contribution in [1.82, 2.24) is 20.1 Å². The number of aromatic nitrogens is 3. The van der Waals surface area contributed by atoms with Crippen molar-refractivity contribution in [3.63, 3.8) is 0 Å². The Morgan fingerprint density at radius 2 is 1.82 bits per heavy atom. The Bertz CT molecular complexity index is 1370. The van der Waals surface area contributed by atoms with Crippen molar-refractivity contribution in [2.45, 2.75) is 16.3 Å². The van der Waals surface area contributed by atoms with E-state index in [0.29, 0.717) is 32.8 Å². The highest BCUT2D eigenvalue weighted by Crippen LogP contribution is 2.37. The molecule has 33 heavy (non-hydrogen) atoms. The minimum atomic E-state index is -0.829. The van der Waals surface area contributed by atoms with Crippen LogP contribution in [0.15, 0.2) is 82.8 Å². The van der Waals surface area contributed by atoms with E-state index in [-0.39, 0.29) is 11.6 Å². The summed E-state index contributed by atoms with van der Waals surface area (Å²) in [5.41, 5.74) is 1.68. The van der Waals surface area contributed by atoms with Gasteiger partial charge in [0, 0.05) is 24.2 Å². The lowest BCUT2D eigenvalue weighted by molar-refractivity contribution is -0.387. The van der Waals surface area contributed by atoms with Gasteiger partial charge in [0.25, 0.3) is 11.6 Å². The molecule has 1 aliphatic heterocycles. The van der Waals surface area contributed by atoms with Crippen LogP contribution in [0.3, 0.4) is 0 Å². The molecule has 0 fully saturated rings. The molecule has 0 aliphatic carbocycles. The Kier molecular flexibility index (Phi) is 5.27. The summed E-state index contributed by atoms with van der Waals surface area (Å²) in [6.07, 6.45) is -0.829. The van der Waals surface area contributed by atoms with Gasteiger partial charge in [-0.25, -0.2) is 0 Å². The number of nitrogens with one attached hydrogen (secondary N) is 1. The molecule has 0 spiro atoms. The third-order valence-electron chi connectivity index (χ3n) is 5.19. The third-order valence-corrected chi connectivity index (χ3v) is 6.29. The zero-order valence-corrected chi connectivity index (χ0v) is 18.2. The Hall–Kier alpha value is -4.18. The molecule has 1 aromatic heterocycles. The van der Waals surface area contributed by atoms with Gasteiger partial charge in [-0.2, -0.15) is 0 Å². The van der Waals surface area contributed by atoms with Crippen molar-refractivity contribution >= 4 is 23.4 Å². The van der Waals surface area contributed by atoms with Crippen LogP contribution >= 0.6 is 11.8 Å². The Balaban J connectivity index is 1.44. The SMILES string of the molecule is Cn1c(Sc2ccc(C3NC(=O)c4ccccc4O3)cc2[N+](=O)[O-])nnc1-c1ccccc1. The molecule has 1 N–H and O–H groups in total. The summed E-state index contributed by atoms with van der Waals surface area (Å²) >= 11 is 1.15. The number of para-hydroxylation sites is 1. The molecule has 9 nitrogen and oxygen atoms in total. The van der Waals surface area contributed by atoms with E-state index in [1.54, 1.807) is 41.0 Å². The highest BCUT2D eigenvalue weighted by atomic mass is 32.2. The van der Waals surface area contributed by atoms with Crippen LogP contribution in [0.1, 0.15) is 22.1 Å². The maximum absolute atomic E-state index is 12.4. The van der Waals surface area contributed by atoms with E-state index in [2.05, 4.69) is 15.5 Å². The molecular weight excluding hydrogens is 442 g/mol. The van der Waals surface area contributed by atoms with E-state index in [0.717, 1.165) is 17.3 Å². The monoisotopic (exact) mass is 459 g/mol. The number of ether oxygens (including phenoxy) is 1. The van der Waals surface area contributed by atoms with Gasteiger partial charge >= 0.3 is 0 Å². The van der Waals surface area contributed by atoms with Crippen LogP contribution in [0.25, 0.3) is 11.4 Å². The van der Waals surface area contributed by atoms with Gasteiger partial charge in [0.1, 0.15) is 5.75 Å². The summed E-state index contributed by atoms with van der Waals surface area (Å²) in [5.74, 6) is 0.796. The summed E-state index contributed by atoms with van der Waals surface area (Å²) < 4.78 is 7.66. The minimum absolute atomic E-state index is 0.113. The molecule has 0 bridgehead atoms. The fraction of sp³-hybridized carbons (Fsp3) is 0.0870. The predicted octanol–water partition coefficient (Wildman–Crippen LogP) is 4.36. The lowest BCUT2D eigenvalue weighted by Gasteiger charge is -2.26. The number of benzene rings is 3. The Labute approximate surface area is 192 Å². The van der Waals surface area contributed by atoms with E-state index in [1.165, 1.54) is 6.07 Å². The number of nitro benzene ring substituents is 1. The molecule has 1 amide bonds. The van der Waals surface area contributed by atoms with Gasteiger partial charge in [-0.3, -0.25) is 14.9 Å². The van der Waals surface area contributed by atoms with Gasteiger partial charge in [0.15, 0.2) is 17.2 Å². The van der Waals surface area contributed by atoms with Crippen LogP contribution in [0.2, 0.25) is 0 Å². The molecule has 1 aliphatic rings. The van der Waals surface area contributed by atoms with Gasteiger partial charge in [0.2, 0.25) is 0 Å². The van der Waals surface area contributed by atoms with Crippen LogP contribution in [0, 0.1) is 10.1 Å². The van der Waals surface area contributed by atoms with E-state index in [1.807, 2.05) is 37.4 Å². The second kappa shape index (κ2) is 8.40. The number of carbonyl (C=O) groups excluding carboxylic acids is 1. The third kappa shape index (κ3) is 3.92. The van der Waals surface area contributed by atoms with Crippen molar-refractivity contribution in [3.05, 3.63) is 94.0 Å². The molecule has 10 heteroatoms. The standard InChI is InChI=1S/C23H17N5O4S/c1-27-20(14-7-3-2-4-8-14)25-26-23(27)33-19-12-11-15(13-17(19)28(30)31)22-24-21(29)16-9-5-6-10-18(16)32-22/h2-13,22H,1H3,(H,24,29). The van der Waals surface area contributed by atoms with E-state index >= 15 is 0 Å². The molecular formula is C23H17N5O4S. The number of hydrogen-bond donors (Lipinski definition) is 1. The van der Waals surface area contributed by atoms with E-state index in [4.69, 9.17) is 4.74 Å². The molecule has 1 atom stereocenters. The number of rotatable bonds is 5. The quantitative estimate of drug-likeness (QED) is 0.348. The number of amides is 1. The fourth-order valence-corrected chi connectivity index (χ4v) is 4.40. The highest BCUT2D eigenvalue weighted by molar-refractivity contribution is 7.99. The molecule has 3 aromatic carbocycles. The topological polar surface area (TPSA) is 112 Å². The first kappa shape index (κ1) is 20.7. The van der Waals surface area contributed by atoms with Gasteiger partial charge in [-0.15, -0.1) is 10.2 Å². The number of carbonyl (C=O) groups is 1. The summed E-state index contributed by atoms with van der Waals surface area (Å²) in [6, 6.07) is 21.2. The summed E-state index contributed by atoms with van der Waals surface area (Å²) in [7, 11) is 1.81. The summed E-state index contributed by atoms with van der Waals surface area (Å²) in [4.78, 5) is 24.2. The van der Waals surface area contributed by atoms with Crippen molar-refractivity contribution in [3.8, 4) is 17.1 Å². The number of fused-ring (bicyclic) bond motifs is 1.